The maximum absolute atomic E-state index is 8.54. The van der Waals surface area contributed by atoms with Crippen molar-refractivity contribution in [1.82, 2.24) is 5.48 Å². The van der Waals surface area contributed by atoms with Crippen molar-refractivity contribution >= 4 is 0 Å². The maximum Gasteiger partial charge on any atom is 0.0681 e. The Morgan fingerprint density at radius 2 is 1.73 bits per heavy atom. The molecule has 0 atom stereocenters. The molecule has 0 aliphatic heterocycles. The van der Waals surface area contributed by atoms with Crippen LogP contribution in [0.15, 0.2) is 30.3 Å². The summed E-state index contributed by atoms with van der Waals surface area (Å²) in [7, 11) is 1.43. The molecule has 0 heterocycles. The van der Waals surface area contributed by atoms with E-state index in [9.17, 15) is 0 Å². The van der Waals surface area contributed by atoms with Gasteiger partial charge in [-0.25, -0.2) is 5.48 Å². The number of aliphatic hydroxyl groups excluding tert-OH is 1. The highest BCUT2D eigenvalue weighted by atomic mass is 16.5. The fraction of sp³-hybridized carbons (Fsp3) is 0.250. The molecule has 0 fully saturated rings. The standard InChI is InChI=1S/C7H8O.CH5NO/c8-6-7-4-2-1-3-5-7;1-2-3/h1-5,8H,6H2;2-3H,1H3. The summed E-state index contributed by atoms with van der Waals surface area (Å²) in [5, 5.41) is 15.9. The third-order valence-electron chi connectivity index (χ3n) is 1.03. The van der Waals surface area contributed by atoms with Gasteiger partial charge < -0.3 is 10.3 Å². The predicted octanol–water partition coefficient (Wildman–Crippen LogP) is 0.774. The van der Waals surface area contributed by atoms with Crippen LogP contribution in [0.4, 0.5) is 0 Å². The lowest BCUT2D eigenvalue weighted by molar-refractivity contribution is 0.194. The van der Waals surface area contributed by atoms with E-state index in [1.54, 1.807) is 5.48 Å². The van der Waals surface area contributed by atoms with Crippen LogP contribution in [-0.4, -0.2) is 17.4 Å². The second kappa shape index (κ2) is 7.21. The Kier molecular flexibility index (Phi) is 6.62. The van der Waals surface area contributed by atoms with Gasteiger partial charge in [-0.2, -0.15) is 0 Å². The Balaban J connectivity index is 0.000000292. The van der Waals surface area contributed by atoms with E-state index in [4.69, 9.17) is 10.3 Å². The van der Waals surface area contributed by atoms with Crippen LogP contribution in [0.3, 0.4) is 0 Å². The van der Waals surface area contributed by atoms with E-state index in [2.05, 4.69) is 0 Å². The van der Waals surface area contributed by atoms with Crippen molar-refractivity contribution in [3.05, 3.63) is 35.9 Å². The molecular weight excluding hydrogens is 142 g/mol. The quantitative estimate of drug-likeness (QED) is 0.525. The van der Waals surface area contributed by atoms with Crippen LogP contribution in [0.25, 0.3) is 0 Å². The summed E-state index contributed by atoms with van der Waals surface area (Å²) >= 11 is 0. The molecular formula is C8H13NO2. The summed E-state index contributed by atoms with van der Waals surface area (Å²) < 4.78 is 0. The molecule has 0 saturated heterocycles. The molecule has 0 aliphatic rings. The molecule has 0 aliphatic carbocycles. The van der Waals surface area contributed by atoms with Gasteiger partial charge in [-0.1, -0.05) is 30.3 Å². The van der Waals surface area contributed by atoms with Gasteiger partial charge in [0.15, 0.2) is 0 Å². The molecule has 0 aromatic heterocycles. The number of hydrogen-bond acceptors (Lipinski definition) is 3. The lowest BCUT2D eigenvalue weighted by Gasteiger charge is -1.89. The molecule has 0 bridgehead atoms. The highest BCUT2D eigenvalue weighted by molar-refractivity contribution is 5.12. The van der Waals surface area contributed by atoms with Crippen LogP contribution in [0.2, 0.25) is 0 Å². The zero-order valence-electron chi connectivity index (χ0n) is 6.49. The van der Waals surface area contributed by atoms with E-state index in [0.29, 0.717) is 0 Å². The Bertz CT molecular complexity index is 165. The Hall–Kier alpha value is -0.900. The Morgan fingerprint density at radius 3 is 2.00 bits per heavy atom. The number of hydrogen-bond donors (Lipinski definition) is 3. The van der Waals surface area contributed by atoms with Crippen LogP contribution in [0.5, 0.6) is 0 Å². The van der Waals surface area contributed by atoms with E-state index in [-0.39, 0.29) is 6.61 Å². The molecule has 3 nitrogen and oxygen atoms in total. The van der Waals surface area contributed by atoms with Crippen LogP contribution in [0.1, 0.15) is 5.56 Å². The van der Waals surface area contributed by atoms with Crippen molar-refractivity contribution in [2.24, 2.45) is 0 Å². The number of nitrogens with one attached hydrogen (secondary N) is 1. The fourth-order valence-electron chi connectivity index (χ4n) is 0.583. The minimum absolute atomic E-state index is 0.140. The van der Waals surface area contributed by atoms with Gasteiger partial charge in [-0.3, -0.25) is 0 Å². The van der Waals surface area contributed by atoms with Crippen LogP contribution in [-0.2, 0) is 6.61 Å². The molecule has 0 radical (unpaired) electrons. The fourth-order valence-corrected chi connectivity index (χ4v) is 0.583. The summed E-state index contributed by atoms with van der Waals surface area (Å²) in [6, 6.07) is 9.52. The topological polar surface area (TPSA) is 52.5 Å². The number of aliphatic hydroxyl groups is 1. The number of hydroxylamine groups is 1. The minimum Gasteiger partial charge on any atom is -0.392 e. The molecule has 0 saturated carbocycles. The van der Waals surface area contributed by atoms with Crippen molar-refractivity contribution in [1.29, 1.82) is 0 Å². The lowest BCUT2D eigenvalue weighted by Crippen LogP contribution is -1.91. The van der Waals surface area contributed by atoms with Gasteiger partial charge in [-0.15, -0.1) is 0 Å². The normalized spacial score (nSPS) is 8.27. The molecule has 3 N–H and O–H groups in total. The molecule has 0 spiro atoms. The van der Waals surface area contributed by atoms with Crippen LogP contribution < -0.4 is 5.48 Å². The first kappa shape index (κ1) is 10.1. The molecule has 0 amide bonds. The monoisotopic (exact) mass is 155 g/mol. The summed E-state index contributed by atoms with van der Waals surface area (Å²) in [6.07, 6.45) is 0. The molecule has 1 rings (SSSR count). The summed E-state index contributed by atoms with van der Waals surface area (Å²) in [4.78, 5) is 0. The molecule has 11 heavy (non-hydrogen) atoms. The zero-order valence-corrected chi connectivity index (χ0v) is 6.49. The lowest BCUT2D eigenvalue weighted by atomic mass is 10.2. The summed E-state index contributed by atoms with van der Waals surface area (Å²) in [5.41, 5.74) is 2.72. The highest BCUT2D eigenvalue weighted by Gasteiger charge is 1.81. The minimum atomic E-state index is 0.140. The van der Waals surface area contributed by atoms with Gasteiger partial charge in [0.05, 0.1) is 6.61 Å². The molecule has 3 heteroatoms. The van der Waals surface area contributed by atoms with Crippen molar-refractivity contribution in [3.8, 4) is 0 Å². The molecule has 1 aromatic rings. The van der Waals surface area contributed by atoms with Crippen LogP contribution >= 0.6 is 0 Å². The number of benzene rings is 1. The second-order valence-electron chi connectivity index (χ2n) is 1.87. The SMILES string of the molecule is CNO.OCc1ccccc1. The predicted molar refractivity (Wildman–Crippen MR) is 43.2 cm³/mol. The summed E-state index contributed by atoms with van der Waals surface area (Å²) in [5.74, 6) is 0. The first-order valence-corrected chi connectivity index (χ1v) is 3.30. The molecule has 0 unspecified atom stereocenters. The van der Waals surface area contributed by atoms with E-state index in [1.165, 1.54) is 7.05 Å². The van der Waals surface area contributed by atoms with E-state index in [1.807, 2.05) is 30.3 Å². The van der Waals surface area contributed by atoms with E-state index in [0.717, 1.165) is 5.56 Å². The van der Waals surface area contributed by atoms with E-state index < -0.39 is 0 Å². The number of rotatable bonds is 1. The van der Waals surface area contributed by atoms with Gasteiger partial charge in [0.25, 0.3) is 0 Å². The average molecular weight is 155 g/mol. The van der Waals surface area contributed by atoms with Crippen molar-refractivity contribution in [2.45, 2.75) is 6.61 Å². The Labute approximate surface area is 66.3 Å². The van der Waals surface area contributed by atoms with Gasteiger partial charge in [-0.05, 0) is 5.56 Å². The van der Waals surface area contributed by atoms with Crippen molar-refractivity contribution in [2.75, 3.05) is 7.05 Å². The average Bonchev–Trinajstić information content (AvgIpc) is 2.08. The van der Waals surface area contributed by atoms with Crippen molar-refractivity contribution in [3.63, 3.8) is 0 Å². The van der Waals surface area contributed by atoms with Gasteiger partial charge >= 0.3 is 0 Å². The van der Waals surface area contributed by atoms with Gasteiger partial charge in [0.2, 0.25) is 0 Å². The molecule has 62 valence electrons. The Morgan fingerprint density at radius 1 is 1.27 bits per heavy atom. The van der Waals surface area contributed by atoms with E-state index >= 15 is 0 Å². The zero-order chi connectivity index (χ0) is 8.53. The van der Waals surface area contributed by atoms with Gasteiger partial charge in [0.1, 0.15) is 0 Å². The third kappa shape index (κ3) is 5.54. The highest BCUT2D eigenvalue weighted by Crippen LogP contribution is 1.95. The smallest absolute Gasteiger partial charge is 0.0681 e. The van der Waals surface area contributed by atoms with Gasteiger partial charge in [0, 0.05) is 7.05 Å². The first-order valence-electron chi connectivity index (χ1n) is 3.30. The van der Waals surface area contributed by atoms with Crippen LogP contribution in [0, 0.1) is 0 Å². The second-order valence-corrected chi connectivity index (χ2v) is 1.87. The molecule has 1 aromatic carbocycles. The largest absolute Gasteiger partial charge is 0.392 e. The summed E-state index contributed by atoms with van der Waals surface area (Å²) in [6.45, 7) is 0.140. The third-order valence-corrected chi connectivity index (χ3v) is 1.03. The maximum atomic E-state index is 8.54. The van der Waals surface area contributed by atoms with Crippen molar-refractivity contribution < 1.29 is 10.3 Å². The first-order chi connectivity index (χ1) is 5.35.